The Balaban J connectivity index is 1.46. The molecule has 2 N–H and O–H groups in total. The van der Waals surface area contributed by atoms with Crippen molar-refractivity contribution in [3.8, 4) is 11.5 Å². The number of nitrogens with one attached hydrogen (secondary N) is 2. The van der Waals surface area contributed by atoms with E-state index in [1.807, 2.05) is 25.1 Å². The largest absolute Gasteiger partial charge is 0.493 e. The first-order chi connectivity index (χ1) is 14.5. The van der Waals surface area contributed by atoms with Crippen LogP contribution in [0.3, 0.4) is 0 Å². The SMILES string of the molecule is COc1cc(C(C)NC(=O)CNC(=O)CC2CCCCC2)ccc1OC1CCCC1. The van der Waals surface area contributed by atoms with Crippen LogP contribution in [0.25, 0.3) is 0 Å². The first-order valence-corrected chi connectivity index (χ1v) is 11.5. The van der Waals surface area contributed by atoms with Crippen LogP contribution in [0.4, 0.5) is 0 Å². The molecule has 0 aliphatic heterocycles. The van der Waals surface area contributed by atoms with E-state index in [1.165, 1.54) is 32.1 Å². The summed E-state index contributed by atoms with van der Waals surface area (Å²) in [5.74, 6) is 1.69. The van der Waals surface area contributed by atoms with E-state index in [0.717, 1.165) is 37.0 Å². The number of methoxy groups -OCH3 is 1. The summed E-state index contributed by atoms with van der Waals surface area (Å²) < 4.78 is 11.6. The number of carbonyl (C=O) groups is 2. The highest BCUT2D eigenvalue weighted by Gasteiger charge is 2.20. The van der Waals surface area contributed by atoms with E-state index >= 15 is 0 Å². The molecular formula is C24H36N2O4. The quantitative estimate of drug-likeness (QED) is 0.630. The van der Waals surface area contributed by atoms with Crippen LogP contribution in [-0.4, -0.2) is 31.6 Å². The maximum Gasteiger partial charge on any atom is 0.239 e. The summed E-state index contributed by atoms with van der Waals surface area (Å²) in [4.78, 5) is 24.4. The third kappa shape index (κ3) is 6.64. The zero-order chi connectivity index (χ0) is 21.3. The number of ether oxygens (including phenoxy) is 2. The van der Waals surface area contributed by atoms with Crippen LogP contribution in [0.2, 0.25) is 0 Å². The fraction of sp³-hybridized carbons (Fsp3) is 0.667. The van der Waals surface area contributed by atoms with E-state index in [9.17, 15) is 9.59 Å². The van der Waals surface area contributed by atoms with Crippen LogP contribution in [0.1, 0.15) is 82.7 Å². The Morgan fingerprint density at radius 3 is 2.40 bits per heavy atom. The first-order valence-electron chi connectivity index (χ1n) is 11.5. The van der Waals surface area contributed by atoms with Gasteiger partial charge in [0.1, 0.15) is 0 Å². The molecule has 0 saturated heterocycles. The van der Waals surface area contributed by atoms with Gasteiger partial charge in [-0.05, 0) is 69.1 Å². The minimum absolute atomic E-state index is 0.00982. The van der Waals surface area contributed by atoms with Gasteiger partial charge in [-0.1, -0.05) is 25.3 Å². The van der Waals surface area contributed by atoms with Gasteiger partial charge < -0.3 is 20.1 Å². The van der Waals surface area contributed by atoms with Crippen LogP contribution in [0.15, 0.2) is 18.2 Å². The summed E-state index contributed by atoms with van der Waals surface area (Å²) in [5.41, 5.74) is 0.938. The van der Waals surface area contributed by atoms with Gasteiger partial charge in [0.25, 0.3) is 0 Å². The van der Waals surface area contributed by atoms with Crippen LogP contribution in [-0.2, 0) is 9.59 Å². The normalized spacial score (nSPS) is 18.6. The standard InChI is InChI=1S/C24H36N2O4/c1-17(26-24(28)16-25-23(27)14-18-8-4-3-5-9-18)19-12-13-21(22(15-19)29-2)30-20-10-6-7-11-20/h12-13,15,17-18,20H,3-11,14,16H2,1-2H3,(H,25,27)(H,26,28). The molecule has 0 radical (unpaired) electrons. The van der Waals surface area contributed by atoms with Crippen molar-refractivity contribution >= 4 is 11.8 Å². The van der Waals surface area contributed by atoms with Crippen LogP contribution >= 0.6 is 0 Å². The molecule has 0 aromatic heterocycles. The van der Waals surface area contributed by atoms with Gasteiger partial charge >= 0.3 is 0 Å². The average Bonchev–Trinajstić information content (AvgIpc) is 3.26. The zero-order valence-corrected chi connectivity index (χ0v) is 18.4. The molecule has 1 aromatic rings. The third-order valence-corrected chi connectivity index (χ3v) is 6.31. The number of rotatable bonds is 9. The lowest BCUT2D eigenvalue weighted by molar-refractivity contribution is -0.127. The molecule has 1 atom stereocenters. The Morgan fingerprint density at radius 2 is 1.70 bits per heavy atom. The fourth-order valence-electron chi connectivity index (χ4n) is 4.52. The van der Waals surface area contributed by atoms with Crippen molar-refractivity contribution in [2.24, 2.45) is 5.92 Å². The van der Waals surface area contributed by atoms with Gasteiger partial charge in [-0.2, -0.15) is 0 Å². The lowest BCUT2D eigenvalue weighted by atomic mass is 9.87. The average molecular weight is 417 g/mol. The number of hydrogen-bond donors (Lipinski definition) is 2. The monoisotopic (exact) mass is 416 g/mol. The number of amides is 2. The Labute approximate surface area is 180 Å². The highest BCUT2D eigenvalue weighted by atomic mass is 16.5. The smallest absolute Gasteiger partial charge is 0.239 e. The summed E-state index contributed by atoms with van der Waals surface area (Å²) >= 11 is 0. The summed E-state index contributed by atoms with van der Waals surface area (Å²) in [7, 11) is 1.63. The van der Waals surface area contributed by atoms with Crippen LogP contribution in [0.5, 0.6) is 11.5 Å². The minimum atomic E-state index is -0.192. The second-order valence-electron chi connectivity index (χ2n) is 8.71. The molecule has 166 valence electrons. The summed E-state index contributed by atoms with van der Waals surface area (Å²) in [5, 5.41) is 5.71. The maximum atomic E-state index is 12.3. The second kappa shape index (κ2) is 11.2. The molecule has 1 aromatic carbocycles. The van der Waals surface area contributed by atoms with Crippen LogP contribution < -0.4 is 20.1 Å². The third-order valence-electron chi connectivity index (χ3n) is 6.31. The molecule has 2 aliphatic carbocycles. The number of benzene rings is 1. The van der Waals surface area contributed by atoms with E-state index < -0.39 is 0 Å². The van der Waals surface area contributed by atoms with E-state index in [2.05, 4.69) is 10.6 Å². The van der Waals surface area contributed by atoms with Crippen molar-refractivity contribution in [3.05, 3.63) is 23.8 Å². The van der Waals surface area contributed by atoms with Gasteiger partial charge in [0.05, 0.1) is 25.8 Å². The van der Waals surface area contributed by atoms with Crippen molar-refractivity contribution < 1.29 is 19.1 Å². The summed E-state index contributed by atoms with van der Waals surface area (Å²) in [6.45, 7) is 1.93. The highest BCUT2D eigenvalue weighted by molar-refractivity contribution is 5.85. The topological polar surface area (TPSA) is 76.7 Å². The molecule has 2 aliphatic rings. The Bertz CT molecular complexity index is 709. The first kappa shape index (κ1) is 22.4. The maximum absolute atomic E-state index is 12.3. The fourth-order valence-corrected chi connectivity index (χ4v) is 4.52. The Morgan fingerprint density at radius 1 is 1.00 bits per heavy atom. The summed E-state index contributed by atoms with van der Waals surface area (Å²) in [6, 6.07) is 5.60. The molecule has 2 fully saturated rings. The lowest BCUT2D eigenvalue weighted by Crippen LogP contribution is -2.38. The number of hydrogen-bond acceptors (Lipinski definition) is 4. The van der Waals surface area contributed by atoms with Gasteiger partial charge in [-0.3, -0.25) is 9.59 Å². The molecule has 3 rings (SSSR count). The van der Waals surface area contributed by atoms with Crippen molar-refractivity contribution in [2.45, 2.75) is 83.3 Å². The zero-order valence-electron chi connectivity index (χ0n) is 18.4. The van der Waals surface area contributed by atoms with Crippen molar-refractivity contribution in [3.63, 3.8) is 0 Å². The predicted octanol–water partition coefficient (Wildman–Crippen LogP) is 4.28. The minimum Gasteiger partial charge on any atom is -0.493 e. The molecule has 1 unspecified atom stereocenters. The van der Waals surface area contributed by atoms with Crippen molar-refractivity contribution in [1.29, 1.82) is 0 Å². The van der Waals surface area contributed by atoms with Gasteiger partial charge in [-0.25, -0.2) is 0 Å². The van der Waals surface area contributed by atoms with Crippen molar-refractivity contribution in [2.75, 3.05) is 13.7 Å². The summed E-state index contributed by atoms with van der Waals surface area (Å²) in [6.07, 6.45) is 11.3. The Kier molecular flexibility index (Phi) is 8.40. The molecule has 6 nitrogen and oxygen atoms in total. The van der Waals surface area contributed by atoms with E-state index in [-0.39, 0.29) is 30.5 Å². The van der Waals surface area contributed by atoms with Gasteiger partial charge in [0.15, 0.2) is 11.5 Å². The highest BCUT2D eigenvalue weighted by Crippen LogP contribution is 2.33. The Hall–Kier alpha value is -2.24. The molecule has 0 bridgehead atoms. The van der Waals surface area contributed by atoms with E-state index in [0.29, 0.717) is 18.1 Å². The number of carbonyl (C=O) groups excluding carboxylic acids is 2. The van der Waals surface area contributed by atoms with Crippen LogP contribution in [0, 0.1) is 5.92 Å². The lowest BCUT2D eigenvalue weighted by Gasteiger charge is -2.21. The molecular weight excluding hydrogens is 380 g/mol. The van der Waals surface area contributed by atoms with E-state index in [1.54, 1.807) is 7.11 Å². The van der Waals surface area contributed by atoms with Crippen molar-refractivity contribution in [1.82, 2.24) is 10.6 Å². The molecule has 2 amide bonds. The molecule has 0 spiro atoms. The predicted molar refractivity (Wildman–Crippen MR) is 117 cm³/mol. The van der Waals surface area contributed by atoms with Gasteiger partial charge in [0, 0.05) is 6.42 Å². The second-order valence-corrected chi connectivity index (χ2v) is 8.71. The van der Waals surface area contributed by atoms with Gasteiger partial charge in [0.2, 0.25) is 11.8 Å². The van der Waals surface area contributed by atoms with E-state index in [4.69, 9.17) is 9.47 Å². The molecule has 30 heavy (non-hydrogen) atoms. The molecule has 2 saturated carbocycles. The molecule has 6 heteroatoms. The molecule has 0 heterocycles. The van der Waals surface area contributed by atoms with Gasteiger partial charge in [-0.15, -0.1) is 0 Å².